The quantitative estimate of drug-likeness (QED) is 0.432. The van der Waals surface area contributed by atoms with E-state index >= 15 is 0 Å². The monoisotopic (exact) mass is 122 g/mol. The van der Waals surface area contributed by atoms with Crippen LogP contribution in [0.3, 0.4) is 0 Å². The standard InChI is InChI=1S/C6H6.Mg.H2O.2H/c1-2-4-6-5-3-1;;;;/h1-6H;;1H2;;. The summed E-state index contributed by atoms with van der Waals surface area (Å²) in [5.74, 6) is 0. The first-order valence-corrected chi connectivity index (χ1v) is 2.00. The van der Waals surface area contributed by atoms with Gasteiger partial charge >= 0.3 is 23.1 Å². The summed E-state index contributed by atoms with van der Waals surface area (Å²) < 4.78 is 0. The molecule has 0 atom stereocenters. The molecule has 0 amide bonds. The molecule has 2 N–H and O–H groups in total. The van der Waals surface area contributed by atoms with Crippen molar-refractivity contribution < 1.29 is 5.48 Å². The second-order valence-electron chi connectivity index (χ2n) is 1.15. The smallest absolute Gasteiger partial charge is 0.316 e. The average molecular weight is 122 g/mol. The van der Waals surface area contributed by atoms with E-state index in [-0.39, 0.29) is 28.5 Å². The van der Waals surface area contributed by atoms with Crippen LogP contribution in [0.5, 0.6) is 0 Å². The Morgan fingerprint density at radius 3 is 0.750 bits per heavy atom. The van der Waals surface area contributed by atoms with E-state index in [4.69, 9.17) is 0 Å². The lowest BCUT2D eigenvalue weighted by molar-refractivity contribution is 0.824. The zero-order valence-corrected chi connectivity index (χ0v) is 3.96. The van der Waals surface area contributed by atoms with Crippen molar-refractivity contribution in [2.45, 2.75) is 0 Å². The molecule has 0 saturated carbocycles. The summed E-state index contributed by atoms with van der Waals surface area (Å²) >= 11 is 0. The SMILES string of the molecule is O.[MgH2].c1ccccc1. The van der Waals surface area contributed by atoms with Gasteiger partial charge in [0.2, 0.25) is 0 Å². The Morgan fingerprint density at radius 1 is 0.500 bits per heavy atom. The summed E-state index contributed by atoms with van der Waals surface area (Å²) in [4.78, 5) is 0. The second-order valence-corrected chi connectivity index (χ2v) is 1.15. The molecule has 2 heteroatoms. The summed E-state index contributed by atoms with van der Waals surface area (Å²) in [5, 5.41) is 0. The molecular weight excluding hydrogens is 112 g/mol. The molecule has 0 spiro atoms. The van der Waals surface area contributed by atoms with Crippen LogP contribution in [-0.4, -0.2) is 28.5 Å². The fourth-order valence-electron chi connectivity index (χ4n) is 0.385. The van der Waals surface area contributed by atoms with Crippen molar-refractivity contribution in [2.24, 2.45) is 0 Å². The molecule has 0 aliphatic heterocycles. The van der Waals surface area contributed by atoms with Crippen LogP contribution in [0.4, 0.5) is 0 Å². The van der Waals surface area contributed by atoms with E-state index in [0.717, 1.165) is 0 Å². The minimum atomic E-state index is 0. The molecular formula is C6H10MgO. The first kappa shape index (κ1) is 10.8. The molecule has 1 nitrogen and oxygen atoms in total. The molecule has 0 saturated heterocycles. The molecule has 1 rings (SSSR count). The van der Waals surface area contributed by atoms with E-state index in [2.05, 4.69) is 0 Å². The minimum absolute atomic E-state index is 0. The van der Waals surface area contributed by atoms with Gasteiger partial charge in [0, 0.05) is 0 Å². The minimum Gasteiger partial charge on any atom is -0.412 e. The van der Waals surface area contributed by atoms with Gasteiger partial charge in [0.05, 0.1) is 0 Å². The molecule has 0 aromatic heterocycles. The highest BCUT2D eigenvalue weighted by molar-refractivity contribution is 5.75. The topological polar surface area (TPSA) is 31.5 Å². The normalized spacial score (nSPS) is 6.00. The third-order valence-corrected chi connectivity index (χ3v) is 0.667. The molecule has 1 aromatic rings. The van der Waals surface area contributed by atoms with E-state index < -0.39 is 0 Å². The van der Waals surface area contributed by atoms with E-state index in [1.54, 1.807) is 0 Å². The molecule has 0 radical (unpaired) electrons. The Hall–Kier alpha value is -0.0538. The average Bonchev–Trinajstić information content (AvgIpc) is 1.72. The van der Waals surface area contributed by atoms with Crippen LogP contribution >= 0.6 is 0 Å². The van der Waals surface area contributed by atoms with Crippen LogP contribution in [0.2, 0.25) is 0 Å². The van der Waals surface area contributed by atoms with Gasteiger partial charge in [-0.25, -0.2) is 0 Å². The van der Waals surface area contributed by atoms with Gasteiger partial charge < -0.3 is 5.48 Å². The Kier molecular flexibility index (Phi) is 9.42. The summed E-state index contributed by atoms with van der Waals surface area (Å²) in [5.41, 5.74) is 0. The predicted octanol–water partition coefficient (Wildman–Crippen LogP) is -0.0543. The third-order valence-electron chi connectivity index (χ3n) is 0.667. The Labute approximate surface area is 65.2 Å². The van der Waals surface area contributed by atoms with Crippen LogP contribution in [0, 0.1) is 0 Å². The maximum atomic E-state index is 2.00. The van der Waals surface area contributed by atoms with E-state index in [1.165, 1.54) is 0 Å². The van der Waals surface area contributed by atoms with Gasteiger partial charge in [-0.15, -0.1) is 0 Å². The highest BCUT2D eigenvalue weighted by Crippen LogP contribution is 1.79. The summed E-state index contributed by atoms with van der Waals surface area (Å²) in [7, 11) is 0. The lowest BCUT2D eigenvalue weighted by Crippen LogP contribution is -1.47. The van der Waals surface area contributed by atoms with Gasteiger partial charge in [0.15, 0.2) is 0 Å². The molecule has 0 fully saturated rings. The zero-order chi connectivity index (χ0) is 4.24. The van der Waals surface area contributed by atoms with E-state index in [9.17, 15) is 0 Å². The molecule has 0 heterocycles. The van der Waals surface area contributed by atoms with Crippen LogP contribution in [0.15, 0.2) is 36.4 Å². The summed E-state index contributed by atoms with van der Waals surface area (Å²) in [6, 6.07) is 12.0. The van der Waals surface area contributed by atoms with Crippen molar-refractivity contribution in [1.29, 1.82) is 0 Å². The van der Waals surface area contributed by atoms with Crippen LogP contribution in [0.25, 0.3) is 0 Å². The maximum Gasteiger partial charge on any atom is 0.316 e. The first-order chi connectivity index (χ1) is 3.00. The van der Waals surface area contributed by atoms with E-state index in [1.807, 2.05) is 36.4 Å². The van der Waals surface area contributed by atoms with Gasteiger partial charge in [0.25, 0.3) is 0 Å². The van der Waals surface area contributed by atoms with Crippen molar-refractivity contribution in [3.63, 3.8) is 0 Å². The van der Waals surface area contributed by atoms with E-state index in [0.29, 0.717) is 0 Å². The molecule has 0 bridgehead atoms. The zero-order valence-electron chi connectivity index (χ0n) is 3.96. The van der Waals surface area contributed by atoms with Gasteiger partial charge in [-0.2, -0.15) is 0 Å². The fraction of sp³-hybridized carbons (Fsp3) is 0. The number of hydrogen-bond donors (Lipinski definition) is 0. The van der Waals surface area contributed by atoms with Gasteiger partial charge in [-0.05, 0) is 0 Å². The highest BCUT2D eigenvalue weighted by Gasteiger charge is 1.57. The Bertz CT molecular complexity index is 80.5. The van der Waals surface area contributed by atoms with Crippen molar-refractivity contribution >= 4 is 23.1 Å². The molecule has 42 valence electrons. The molecule has 0 unspecified atom stereocenters. The summed E-state index contributed by atoms with van der Waals surface area (Å²) in [6.45, 7) is 0. The summed E-state index contributed by atoms with van der Waals surface area (Å²) in [6.07, 6.45) is 0. The second kappa shape index (κ2) is 6.95. The Balaban J connectivity index is 0. The first-order valence-electron chi connectivity index (χ1n) is 2.00. The Morgan fingerprint density at radius 2 is 0.625 bits per heavy atom. The molecule has 8 heavy (non-hydrogen) atoms. The van der Waals surface area contributed by atoms with Crippen molar-refractivity contribution in [2.75, 3.05) is 0 Å². The largest absolute Gasteiger partial charge is 0.412 e. The fourth-order valence-corrected chi connectivity index (χ4v) is 0.385. The van der Waals surface area contributed by atoms with Crippen molar-refractivity contribution in [1.82, 2.24) is 0 Å². The van der Waals surface area contributed by atoms with Crippen LogP contribution < -0.4 is 0 Å². The predicted molar refractivity (Wildman–Crippen MR) is 38.6 cm³/mol. The van der Waals surface area contributed by atoms with Crippen LogP contribution in [0.1, 0.15) is 0 Å². The van der Waals surface area contributed by atoms with Crippen molar-refractivity contribution in [3.8, 4) is 0 Å². The lowest BCUT2D eigenvalue weighted by atomic mass is 10.4. The number of benzene rings is 1. The number of hydrogen-bond acceptors (Lipinski definition) is 0. The van der Waals surface area contributed by atoms with Gasteiger partial charge in [-0.3, -0.25) is 0 Å². The van der Waals surface area contributed by atoms with Gasteiger partial charge in [-0.1, -0.05) is 36.4 Å². The van der Waals surface area contributed by atoms with Crippen LogP contribution in [-0.2, 0) is 0 Å². The lowest BCUT2D eigenvalue weighted by Gasteiger charge is -1.69. The molecule has 0 aliphatic carbocycles. The van der Waals surface area contributed by atoms with Crippen molar-refractivity contribution in [3.05, 3.63) is 36.4 Å². The molecule has 0 aliphatic rings. The third kappa shape index (κ3) is 4.11. The maximum absolute atomic E-state index is 2.00. The van der Waals surface area contributed by atoms with Gasteiger partial charge in [0.1, 0.15) is 0 Å². The molecule has 1 aromatic carbocycles. The highest BCUT2D eigenvalue weighted by atomic mass is 24.3. The number of rotatable bonds is 0.